The molecule has 2 rings (SSSR count). The van der Waals surface area contributed by atoms with Gasteiger partial charge in [-0.1, -0.05) is 25.5 Å². The van der Waals surface area contributed by atoms with Gasteiger partial charge in [-0.2, -0.15) is 5.26 Å². The molecular weight excluding hydrogens is 286 g/mol. The van der Waals surface area contributed by atoms with Crippen LogP contribution in [0.5, 0.6) is 0 Å². The molecule has 0 radical (unpaired) electrons. The average molecular weight is 311 g/mol. The predicted molar refractivity (Wildman–Crippen MR) is 92.8 cm³/mol. The molecule has 0 spiro atoms. The predicted octanol–water partition coefficient (Wildman–Crippen LogP) is 3.86. The van der Waals surface area contributed by atoms with E-state index in [0.717, 1.165) is 38.0 Å². The zero-order valence-corrected chi connectivity index (χ0v) is 13.8. The number of anilines is 1. The highest BCUT2D eigenvalue weighted by atomic mass is 16.1. The summed E-state index contributed by atoms with van der Waals surface area (Å²) in [5.41, 5.74) is 2.17. The van der Waals surface area contributed by atoms with Crippen LogP contribution in [0.4, 0.5) is 5.69 Å². The zero-order valence-electron chi connectivity index (χ0n) is 13.8. The van der Waals surface area contributed by atoms with Crippen LogP contribution in [0, 0.1) is 11.3 Å². The summed E-state index contributed by atoms with van der Waals surface area (Å²) < 4.78 is 0. The normalized spacial score (nSPS) is 15.1. The maximum Gasteiger partial charge on any atom is 0.267 e. The summed E-state index contributed by atoms with van der Waals surface area (Å²) in [6, 6.07) is 9.89. The number of benzene rings is 1. The molecule has 1 amide bonds. The van der Waals surface area contributed by atoms with Crippen molar-refractivity contribution in [2.75, 3.05) is 18.4 Å². The van der Waals surface area contributed by atoms with Gasteiger partial charge in [-0.25, -0.2) is 0 Å². The Hall–Kier alpha value is -2.28. The maximum atomic E-state index is 12.2. The Morgan fingerprint density at radius 3 is 2.57 bits per heavy atom. The second kappa shape index (κ2) is 8.99. The Morgan fingerprint density at radius 2 is 1.96 bits per heavy atom. The van der Waals surface area contributed by atoms with Crippen LogP contribution in [-0.4, -0.2) is 23.9 Å². The van der Waals surface area contributed by atoms with Crippen molar-refractivity contribution in [1.29, 1.82) is 5.26 Å². The molecule has 122 valence electrons. The van der Waals surface area contributed by atoms with E-state index in [2.05, 4.69) is 17.1 Å². The molecule has 4 heteroatoms. The van der Waals surface area contributed by atoms with Gasteiger partial charge < -0.3 is 10.2 Å². The topological polar surface area (TPSA) is 56.1 Å². The molecule has 1 aromatic carbocycles. The van der Waals surface area contributed by atoms with Crippen molar-refractivity contribution in [3.05, 3.63) is 41.6 Å². The van der Waals surface area contributed by atoms with Crippen LogP contribution in [-0.2, 0) is 11.2 Å². The first-order valence-corrected chi connectivity index (χ1v) is 8.49. The Labute approximate surface area is 138 Å². The number of rotatable bonds is 6. The Kier molecular flexibility index (Phi) is 6.68. The minimum atomic E-state index is -0.334. The fourth-order valence-electron chi connectivity index (χ4n) is 2.70. The fourth-order valence-corrected chi connectivity index (χ4v) is 2.70. The zero-order chi connectivity index (χ0) is 16.5. The maximum absolute atomic E-state index is 12.2. The van der Waals surface area contributed by atoms with Crippen LogP contribution in [0.3, 0.4) is 0 Å². The van der Waals surface area contributed by atoms with Gasteiger partial charge in [0, 0.05) is 25.0 Å². The van der Waals surface area contributed by atoms with E-state index in [9.17, 15) is 10.1 Å². The van der Waals surface area contributed by atoms with Gasteiger partial charge in [0.05, 0.1) is 0 Å². The largest absolute Gasteiger partial charge is 0.376 e. The summed E-state index contributed by atoms with van der Waals surface area (Å²) in [6.07, 6.45) is 8.57. The van der Waals surface area contributed by atoms with Crippen molar-refractivity contribution in [2.45, 2.75) is 45.4 Å². The summed E-state index contributed by atoms with van der Waals surface area (Å²) in [4.78, 5) is 14.3. The lowest BCUT2D eigenvalue weighted by atomic mass is 10.1. The summed E-state index contributed by atoms with van der Waals surface area (Å²) in [5.74, 6) is -0.334. The van der Waals surface area contributed by atoms with E-state index in [1.54, 1.807) is 6.20 Å². The lowest BCUT2D eigenvalue weighted by Crippen LogP contribution is -2.26. The molecule has 0 atom stereocenters. The second-order valence-electron chi connectivity index (χ2n) is 6.01. The molecule has 1 aliphatic rings. The van der Waals surface area contributed by atoms with E-state index < -0.39 is 0 Å². The number of carbonyl (C=O) groups is 1. The number of aryl methyl sites for hydroxylation is 1. The minimum Gasteiger partial charge on any atom is -0.376 e. The van der Waals surface area contributed by atoms with Gasteiger partial charge in [0.25, 0.3) is 5.91 Å². The third-order valence-electron chi connectivity index (χ3n) is 4.10. The molecule has 1 saturated heterocycles. The fraction of sp³-hybridized carbons (Fsp3) is 0.474. The number of amides is 1. The minimum absolute atomic E-state index is 0.168. The van der Waals surface area contributed by atoms with E-state index in [0.29, 0.717) is 0 Å². The Bertz CT molecular complexity index is 578. The van der Waals surface area contributed by atoms with Crippen LogP contribution in [0.25, 0.3) is 0 Å². The van der Waals surface area contributed by atoms with E-state index in [4.69, 9.17) is 0 Å². The van der Waals surface area contributed by atoms with Gasteiger partial charge in [0.15, 0.2) is 0 Å². The van der Waals surface area contributed by atoms with Gasteiger partial charge >= 0.3 is 0 Å². The van der Waals surface area contributed by atoms with Gasteiger partial charge in [0.1, 0.15) is 11.6 Å². The SMILES string of the molecule is CCCCc1ccc(NC(=O)/C(C#N)=C\N2CCCCC2)cc1. The van der Waals surface area contributed by atoms with Gasteiger partial charge in [-0.05, 0) is 49.8 Å². The third kappa shape index (κ3) is 5.45. The summed E-state index contributed by atoms with van der Waals surface area (Å²) >= 11 is 0. The number of nitrogens with zero attached hydrogens (tertiary/aromatic N) is 2. The number of likely N-dealkylation sites (tertiary alicyclic amines) is 1. The second-order valence-corrected chi connectivity index (χ2v) is 6.01. The van der Waals surface area contributed by atoms with Crippen LogP contribution >= 0.6 is 0 Å². The molecule has 1 aromatic rings. The van der Waals surface area contributed by atoms with Crippen molar-refractivity contribution >= 4 is 11.6 Å². The van der Waals surface area contributed by atoms with Crippen LogP contribution in [0.2, 0.25) is 0 Å². The van der Waals surface area contributed by atoms with Crippen molar-refractivity contribution < 1.29 is 4.79 Å². The van der Waals surface area contributed by atoms with Crippen LogP contribution in [0.1, 0.15) is 44.6 Å². The first kappa shape index (κ1) is 17.1. The standard InChI is InChI=1S/C19H25N3O/c1-2-3-7-16-8-10-18(11-9-16)21-19(23)17(14-20)15-22-12-5-4-6-13-22/h8-11,15H,2-7,12-13H2,1H3,(H,21,23)/b17-15-. The summed E-state index contributed by atoms with van der Waals surface area (Å²) in [6.45, 7) is 4.02. The quantitative estimate of drug-likeness (QED) is 0.641. The van der Waals surface area contributed by atoms with Crippen molar-refractivity contribution in [3.8, 4) is 6.07 Å². The molecule has 1 N–H and O–H groups in total. The molecule has 4 nitrogen and oxygen atoms in total. The number of unbranched alkanes of at least 4 members (excludes halogenated alkanes) is 1. The first-order chi connectivity index (χ1) is 11.2. The number of hydrogen-bond acceptors (Lipinski definition) is 3. The van der Waals surface area contributed by atoms with Crippen molar-refractivity contribution in [1.82, 2.24) is 4.90 Å². The lowest BCUT2D eigenvalue weighted by molar-refractivity contribution is -0.112. The van der Waals surface area contributed by atoms with Crippen molar-refractivity contribution in [3.63, 3.8) is 0 Å². The van der Waals surface area contributed by atoms with E-state index in [1.165, 1.54) is 24.8 Å². The molecule has 1 heterocycles. The average Bonchev–Trinajstić information content (AvgIpc) is 2.60. The first-order valence-electron chi connectivity index (χ1n) is 8.49. The molecule has 0 saturated carbocycles. The molecule has 0 bridgehead atoms. The van der Waals surface area contributed by atoms with Gasteiger partial charge in [-0.3, -0.25) is 4.79 Å². The number of nitriles is 1. The van der Waals surface area contributed by atoms with E-state index in [-0.39, 0.29) is 11.5 Å². The summed E-state index contributed by atoms with van der Waals surface area (Å²) in [7, 11) is 0. The Balaban J connectivity index is 1.96. The summed E-state index contributed by atoms with van der Waals surface area (Å²) in [5, 5.41) is 12.0. The molecule has 23 heavy (non-hydrogen) atoms. The van der Waals surface area contributed by atoms with Crippen LogP contribution < -0.4 is 5.32 Å². The van der Waals surface area contributed by atoms with E-state index >= 15 is 0 Å². The highest BCUT2D eigenvalue weighted by Crippen LogP contribution is 2.14. The number of nitrogens with one attached hydrogen (secondary N) is 1. The Morgan fingerprint density at radius 1 is 1.26 bits per heavy atom. The smallest absolute Gasteiger partial charge is 0.267 e. The molecule has 1 aliphatic heterocycles. The number of piperidine rings is 1. The van der Waals surface area contributed by atoms with E-state index in [1.807, 2.05) is 30.3 Å². The monoisotopic (exact) mass is 311 g/mol. The number of hydrogen-bond donors (Lipinski definition) is 1. The molecule has 0 aromatic heterocycles. The molecule has 0 unspecified atom stereocenters. The van der Waals surface area contributed by atoms with Gasteiger partial charge in [-0.15, -0.1) is 0 Å². The highest BCUT2D eigenvalue weighted by Gasteiger charge is 2.13. The van der Waals surface area contributed by atoms with Crippen LogP contribution in [0.15, 0.2) is 36.0 Å². The highest BCUT2D eigenvalue weighted by molar-refractivity contribution is 6.06. The van der Waals surface area contributed by atoms with Crippen molar-refractivity contribution in [2.24, 2.45) is 0 Å². The third-order valence-corrected chi connectivity index (χ3v) is 4.10. The molecule has 0 aliphatic carbocycles. The number of carbonyl (C=O) groups excluding carboxylic acids is 1. The van der Waals surface area contributed by atoms with Gasteiger partial charge in [0.2, 0.25) is 0 Å². The molecule has 1 fully saturated rings. The molecular formula is C19H25N3O. The lowest BCUT2D eigenvalue weighted by Gasteiger charge is -2.25.